The monoisotopic (exact) mass is 421 g/mol. The number of nitrogens with zero attached hydrogens (tertiary/aromatic N) is 2. The minimum absolute atomic E-state index is 0.198. The Balaban J connectivity index is 1.57. The zero-order chi connectivity index (χ0) is 20.7. The lowest BCUT2D eigenvalue weighted by Crippen LogP contribution is -2.36. The molecule has 0 saturated carbocycles. The molecule has 0 aliphatic carbocycles. The third kappa shape index (κ3) is 6.03. The molecule has 2 aliphatic rings. The fourth-order valence-corrected chi connectivity index (χ4v) is 6.00. The van der Waals surface area contributed by atoms with Gasteiger partial charge in [0.25, 0.3) is 5.91 Å². The van der Waals surface area contributed by atoms with E-state index in [0.29, 0.717) is 30.8 Å². The van der Waals surface area contributed by atoms with Crippen molar-refractivity contribution in [3.8, 4) is 0 Å². The molecule has 0 radical (unpaired) electrons. The average molecular weight is 422 g/mol. The van der Waals surface area contributed by atoms with E-state index < -0.39 is 10.0 Å². The van der Waals surface area contributed by atoms with Crippen molar-refractivity contribution in [3.05, 3.63) is 29.3 Å². The maximum absolute atomic E-state index is 13.0. The van der Waals surface area contributed by atoms with Crippen LogP contribution in [0.2, 0.25) is 0 Å². The van der Waals surface area contributed by atoms with Crippen molar-refractivity contribution < 1.29 is 13.2 Å². The first kappa shape index (κ1) is 22.2. The quantitative estimate of drug-likeness (QED) is 0.687. The van der Waals surface area contributed by atoms with E-state index in [0.717, 1.165) is 45.3 Å². The minimum Gasteiger partial charge on any atom is -0.352 e. The summed E-state index contributed by atoms with van der Waals surface area (Å²) in [6, 6.07) is 5.00. The number of sulfonamides is 1. The smallest absolute Gasteiger partial charge is 0.251 e. The van der Waals surface area contributed by atoms with Crippen LogP contribution >= 0.6 is 0 Å². The standard InChI is InChI=1S/C22H35N3O3S/c1-19-10-11-20(18-21(19)29(27,28)25-16-7-4-8-17-25)22(26)23-12-9-15-24-13-5-2-3-6-14-24/h10-11,18H,2-9,12-17H2,1H3,(H,23,26). The molecule has 7 heteroatoms. The fraction of sp³-hybridized carbons (Fsp3) is 0.682. The first-order valence-corrected chi connectivity index (χ1v) is 12.5. The molecular formula is C22H35N3O3S. The Kier molecular flexibility index (Phi) is 8.09. The normalized spacial score (nSPS) is 19.6. The predicted molar refractivity (Wildman–Crippen MR) is 116 cm³/mol. The Morgan fingerprint density at radius 1 is 0.966 bits per heavy atom. The van der Waals surface area contributed by atoms with Gasteiger partial charge in [-0.3, -0.25) is 4.79 Å². The van der Waals surface area contributed by atoms with E-state index in [1.165, 1.54) is 25.7 Å². The van der Waals surface area contributed by atoms with E-state index in [4.69, 9.17) is 0 Å². The van der Waals surface area contributed by atoms with Gasteiger partial charge in [0.05, 0.1) is 4.90 Å². The van der Waals surface area contributed by atoms with E-state index >= 15 is 0 Å². The van der Waals surface area contributed by atoms with Crippen LogP contribution in [0.5, 0.6) is 0 Å². The minimum atomic E-state index is -3.55. The second-order valence-electron chi connectivity index (χ2n) is 8.31. The van der Waals surface area contributed by atoms with Gasteiger partial charge in [-0.2, -0.15) is 4.31 Å². The Hall–Kier alpha value is -1.44. The summed E-state index contributed by atoms with van der Waals surface area (Å²) in [5, 5.41) is 2.96. The van der Waals surface area contributed by atoms with Crippen LogP contribution in [-0.2, 0) is 10.0 Å². The van der Waals surface area contributed by atoms with Crippen molar-refractivity contribution in [1.82, 2.24) is 14.5 Å². The van der Waals surface area contributed by atoms with Crippen LogP contribution in [0.15, 0.2) is 23.1 Å². The third-order valence-corrected chi connectivity index (χ3v) is 8.06. The maximum atomic E-state index is 13.0. The van der Waals surface area contributed by atoms with Crippen LogP contribution in [0.1, 0.15) is 67.3 Å². The molecule has 1 N–H and O–H groups in total. The largest absolute Gasteiger partial charge is 0.352 e. The van der Waals surface area contributed by atoms with Crippen LogP contribution in [0, 0.1) is 6.92 Å². The Morgan fingerprint density at radius 2 is 1.59 bits per heavy atom. The van der Waals surface area contributed by atoms with Crippen molar-refractivity contribution in [3.63, 3.8) is 0 Å². The van der Waals surface area contributed by atoms with E-state index in [9.17, 15) is 13.2 Å². The fourth-order valence-electron chi connectivity index (χ4n) is 4.23. The summed E-state index contributed by atoms with van der Waals surface area (Å²) in [4.78, 5) is 15.3. The molecule has 162 valence electrons. The van der Waals surface area contributed by atoms with Crippen LogP contribution in [-0.4, -0.2) is 62.8 Å². The summed E-state index contributed by atoms with van der Waals surface area (Å²) in [5.74, 6) is -0.198. The second kappa shape index (κ2) is 10.5. The van der Waals surface area contributed by atoms with Gasteiger partial charge in [0, 0.05) is 25.2 Å². The Labute approximate surface area is 175 Å². The van der Waals surface area contributed by atoms with Gasteiger partial charge in [0.2, 0.25) is 10.0 Å². The van der Waals surface area contributed by atoms with Gasteiger partial charge in [-0.1, -0.05) is 25.3 Å². The zero-order valence-electron chi connectivity index (χ0n) is 17.7. The summed E-state index contributed by atoms with van der Waals surface area (Å²) in [6.07, 6.45) is 8.97. The second-order valence-corrected chi connectivity index (χ2v) is 10.2. The van der Waals surface area contributed by atoms with Crippen LogP contribution in [0.3, 0.4) is 0 Å². The summed E-state index contributed by atoms with van der Waals surface area (Å²) in [7, 11) is -3.55. The average Bonchev–Trinajstić information content (AvgIpc) is 3.01. The number of nitrogens with one attached hydrogen (secondary N) is 1. The number of rotatable bonds is 7. The van der Waals surface area contributed by atoms with Crippen molar-refractivity contribution >= 4 is 15.9 Å². The maximum Gasteiger partial charge on any atom is 0.251 e. The highest BCUT2D eigenvalue weighted by atomic mass is 32.2. The van der Waals surface area contributed by atoms with Crippen LogP contribution in [0.25, 0.3) is 0 Å². The number of likely N-dealkylation sites (tertiary alicyclic amines) is 1. The Morgan fingerprint density at radius 3 is 2.28 bits per heavy atom. The number of hydrogen-bond acceptors (Lipinski definition) is 4. The molecule has 3 rings (SSSR count). The van der Waals surface area contributed by atoms with E-state index in [1.54, 1.807) is 29.4 Å². The number of piperidine rings is 1. The molecule has 0 spiro atoms. The van der Waals surface area contributed by atoms with Crippen molar-refractivity contribution in [2.45, 2.75) is 63.2 Å². The van der Waals surface area contributed by atoms with E-state index in [1.807, 2.05) is 0 Å². The van der Waals surface area contributed by atoms with Crippen LogP contribution < -0.4 is 5.32 Å². The molecule has 2 saturated heterocycles. The number of aryl methyl sites for hydroxylation is 1. The van der Waals surface area contributed by atoms with Gasteiger partial charge in [-0.25, -0.2) is 8.42 Å². The topological polar surface area (TPSA) is 69.7 Å². The van der Waals surface area contributed by atoms with E-state index in [2.05, 4.69) is 10.2 Å². The van der Waals surface area contributed by atoms with Crippen molar-refractivity contribution in [1.29, 1.82) is 0 Å². The highest BCUT2D eigenvalue weighted by Gasteiger charge is 2.28. The molecular weight excluding hydrogens is 386 g/mol. The first-order chi connectivity index (χ1) is 14.0. The molecule has 1 amide bonds. The molecule has 0 aromatic heterocycles. The highest BCUT2D eigenvalue weighted by molar-refractivity contribution is 7.89. The molecule has 2 aliphatic heterocycles. The molecule has 0 unspecified atom stereocenters. The van der Waals surface area contributed by atoms with Gasteiger partial charge >= 0.3 is 0 Å². The van der Waals surface area contributed by atoms with Crippen molar-refractivity contribution in [2.75, 3.05) is 39.3 Å². The summed E-state index contributed by atoms with van der Waals surface area (Å²) in [5.41, 5.74) is 1.11. The molecule has 2 heterocycles. The molecule has 6 nitrogen and oxygen atoms in total. The summed E-state index contributed by atoms with van der Waals surface area (Å²) >= 11 is 0. The lowest BCUT2D eigenvalue weighted by molar-refractivity contribution is 0.0951. The number of amides is 1. The van der Waals surface area contributed by atoms with Gasteiger partial charge in [0.15, 0.2) is 0 Å². The van der Waals surface area contributed by atoms with Crippen LogP contribution in [0.4, 0.5) is 0 Å². The molecule has 29 heavy (non-hydrogen) atoms. The summed E-state index contributed by atoms with van der Waals surface area (Å²) < 4.78 is 27.6. The molecule has 0 bridgehead atoms. The number of carbonyl (C=O) groups excluding carboxylic acids is 1. The molecule has 0 atom stereocenters. The Bertz CT molecular complexity index is 780. The van der Waals surface area contributed by atoms with Crippen molar-refractivity contribution in [2.24, 2.45) is 0 Å². The van der Waals surface area contributed by atoms with E-state index in [-0.39, 0.29) is 10.8 Å². The number of hydrogen-bond donors (Lipinski definition) is 1. The highest BCUT2D eigenvalue weighted by Crippen LogP contribution is 2.24. The molecule has 1 aromatic rings. The van der Waals surface area contributed by atoms with Gasteiger partial charge in [-0.15, -0.1) is 0 Å². The lowest BCUT2D eigenvalue weighted by Gasteiger charge is -2.26. The SMILES string of the molecule is Cc1ccc(C(=O)NCCCN2CCCCCC2)cc1S(=O)(=O)N1CCCCC1. The number of benzene rings is 1. The number of carbonyl (C=O) groups is 1. The third-order valence-electron chi connectivity index (χ3n) is 6.02. The van der Waals surface area contributed by atoms with Gasteiger partial charge in [0.1, 0.15) is 0 Å². The summed E-state index contributed by atoms with van der Waals surface area (Å²) in [6.45, 7) is 6.84. The van der Waals surface area contributed by atoms with Gasteiger partial charge in [-0.05, 0) is 76.4 Å². The van der Waals surface area contributed by atoms with Gasteiger partial charge < -0.3 is 10.2 Å². The molecule has 1 aromatic carbocycles. The molecule has 2 fully saturated rings. The predicted octanol–water partition coefficient (Wildman–Crippen LogP) is 3.17. The zero-order valence-corrected chi connectivity index (χ0v) is 18.5. The first-order valence-electron chi connectivity index (χ1n) is 11.1. The lowest BCUT2D eigenvalue weighted by atomic mass is 10.1.